The molecule has 0 aliphatic heterocycles. The number of aryl methyl sites for hydroxylation is 1. The Morgan fingerprint density at radius 3 is 2.48 bits per heavy atom. The molecule has 5 nitrogen and oxygen atoms in total. The number of ether oxygens (including phenoxy) is 1. The van der Waals surface area contributed by atoms with Gasteiger partial charge in [-0.2, -0.15) is 0 Å². The molecule has 1 aromatic heterocycles. The van der Waals surface area contributed by atoms with Gasteiger partial charge in [-0.15, -0.1) is 0 Å². The van der Waals surface area contributed by atoms with Crippen LogP contribution in [-0.2, 0) is 17.8 Å². The number of rotatable bonds is 6. The van der Waals surface area contributed by atoms with Crippen molar-refractivity contribution >= 4 is 6.09 Å². The maximum atomic E-state index is 11.7. The van der Waals surface area contributed by atoms with Crippen LogP contribution in [0.1, 0.15) is 17.1 Å². The van der Waals surface area contributed by atoms with Crippen molar-refractivity contribution < 1.29 is 9.53 Å². The molecule has 0 bridgehead atoms. The third-order valence-electron chi connectivity index (χ3n) is 3.83. The Balaban J connectivity index is 1.47. The van der Waals surface area contributed by atoms with E-state index in [2.05, 4.69) is 10.3 Å². The average molecular weight is 335 g/mol. The largest absolute Gasteiger partial charge is 0.445 e. The fourth-order valence-electron chi connectivity index (χ4n) is 2.57. The monoisotopic (exact) mass is 335 g/mol. The van der Waals surface area contributed by atoms with Crippen LogP contribution in [-0.4, -0.2) is 22.2 Å². The lowest BCUT2D eigenvalue weighted by molar-refractivity contribution is 0.140. The minimum atomic E-state index is -0.414. The highest BCUT2D eigenvalue weighted by Crippen LogP contribution is 2.12. The van der Waals surface area contributed by atoms with Gasteiger partial charge in [0.1, 0.15) is 12.4 Å². The first-order chi connectivity index (χ1) is 12.2. The number of hydrogen-bond donors (Lipinski definition) is 1. The highest BCUT2D eigenvalue weighted by Gasteiger charge is 2.07. The molecule has 25 heavy (non-hydrogen) atoms. The van der Waals surface area contributed by atoms with E-state index in [1.807, 2.05) is 78.4 Å². The first-order valence-corrected chi connectivity index (χ1v) is 8.27. The summed E-state index contributed by atoms with van der Waals surface area (Å²) in [6.07, 6.45) is 2.24. The van der Waals surface area contributed by atoms with Crippen LogP contribution >= 0.6 is 0 Å². The third kappa shape index (κ3) is 4.70. The van der Waals surface area contributed by atoms with Crippen LogP contribution in [0.25, 0.3) is 5.69 Å². The van der Waals surface area contributed by atoms with E-state index in [0.29, 0.717) is 13.0 Å². The first kappa shape index (κ1) is 16.8. The summed E-state index contributed by atoms with van der Waals surface area (Å²) in [7, 11) is 0. The number of aromatic nitrogens is 2. The van der Waals surface area contributed by atoms with Gasteiger partial charge in [0.05, 0.1) is 5.69 Å². The van der Waals surface area contributed by atoms with Crippen molar-refractivity contribution in [3.63, 3.8) is 0 Å². The SMILES string of the molecule is Cc1nc(CCNC(=O)OCc2ccccc2)cn1-c1ccccc1. The number of nitrogens with zero attached hydrogens (tertiary/aromatic N) is 2. The number of carbonyl (C=O) groups is 1. The van der Waals surface area contributed by atoms with Crippen LogP contribution in [0.4, 0.5) is 4.79 Å². The summed E-state index contributed by atoms with van der Waals surface area (Å²) in [5.74, 6) is 0.924. The Bertz CT molecular complexity index is 813. The molecule has 1 heterocycles. The number of benzene rings is 2. The Hall–Kier alpha value is -3.08. The van der Waals surface area contributed by atoms with Crippen LogP contribution in [0.2, 0.25) is 0 Å². The van der Waals surface area contributed by atoms with Gasteiger partial charge in [0, 0.05) is 24.8 Å². The molecule has 128 valence electrons. The van der Waals surface area contributed by atoms with E-state index in [-0.39, 0.29) is 6.61 Å². The zero-order chi connectivity index (χ0) is 17.5. The molecule has 1 amide bonds. The molecule has 0 aliphatic carbocycles. The molecule has 0 radical (unpaired) electrons. The molecule has 1 N–H and O–H groups in total. The van der Waals surface area contributed by atoms with Gasteiger partial charge in [-0.1, -0.05) is 48.5 Å². The Labute approximate surface area is 147 Å². The molecule has 0 unspecified atom stereocenters. The number of carbonyl (C=O) groups excluding carboxylic acids is 1. The summed E-state index contributed by atoms with van der Waals surface area (Å²) < 4.78 is 7.23. The van der Waals surface area contributed by atoms with E-state index in [1.165, 1.54) is 0 Å². The molecular weight excluding hydrogens is 314 g/mol. The topological polar surface area (TPSA) is 56.1 Å². The molecule has 0 saturated carbocycles. The zero-order valence-corrected chi connectivity index (χ0v) is 14.2. The number of para-hydroxylation sites is 1. The van der Waals surface area contributed by atoms with E-state index >= 15 is 0 Å². The molecule has 0 aliphatic rings. The number of hydrogen-bond acceptors (Lipinski definition) is 3. The molecule has 3 rings (SSSR count). The molecule has 3 aromatic rings. The summed E-state index contributed by atoms with van der Waals surface area (Å²) in [6.45, 7) is 2.73. The fourth-order valence-corrected chi connectivity index (χ4v) is 2.57. The van der Waals surface area contributed by atoms with Crippen LogP contribution in [0.5, 0.6) is 0 Å². The van der Waals surface area contributed by atoms with E-state index in [9.17, 15) is 4.79 Å². The predicted molar refractivity (Wildman–Crippen MR) is 96.6 cm³/mol. The minimum absolute atomic E-state index is 0.272. The van der Waals surface area contributed by atoms with E-state index in [4.69, 9.17) is 4.74 Å². The standard InChI is InChI=1S/C20H21N3O2/c1-16-22-18(14-23(16)19-10-6-3-7-11-19)12-13-21-20(24)25-15-17-8-4-2-5-9-17/h2-11,14H,12-13,15H2,1H3,(H,21,24). The van der Waals surface area contributed by atoms with Crippen LogP contribution in [0, 0.1) is 6.92 Å². The number of amides is 1. The van der Waals surface area contributed by atoms with Gasteiger partial charge in [0.25, 0.3) is 0 Å². The zero-order valence-electron chi connectivity index (χ0n) is 14.2. The van der Waals surface area contributed by atoms with Gasteiger partial charge in [0.2, 0.25) is 0 Å². The smallest absolute Gasteiger partial charge is 0.407 e. The Kier molecular flexibility index (Phi) is 5.46. The highest BCUT2D eigenvalue weighted by atomic mass is 16.5. The van der Waals surface area contributed by atoms with Crippen molar-refractivity contribution in [1.29, 1.82) is 0 Å². The number of nitrogens with one attached hydrogen (secondary N) is 1. The second-order valence-corrected chi connectivity index (χ2v) is 5.72. The number of alkyl carbamates (subject to hydrolysis) is 1. The van der Waals surface area contributed by atoms with Crippen molar-refractivity contribution in [2.45, 2.75) is 20.0 Å². The quantitative estimate of drug-likeness (QED) is 0.748. The normalized spacial score (nSPS) is 10.4. The second kappa shape index (κ2) is 8.15. The van der Waals surface area contributed by atoms with E-state index in [1.54, 1.807) is 0 Å². The molecule has 0 spiro atoms. The average Bonchev–Trinajstić information content (AvgIpc) is 3.02. The Morgan fingerprint density at radius 1 is 1.08 bits per heavy atom. The van der Waals surface area contributed by atoms with Crippen molar-refractivity contribution in [3.8, 4) is 5.69 Å². The third-order valence-corrected chi connectivity index (χ3v) is 3.83. The molecule has 2 aromatic carbocycles. The molecule has 0 saturated heterocycles. The molecular formula is C20H21N3O2. The molecule has 5 heteroatoms. The van der Waals surface area contributed by atoms with E-state index in [0.717, 1.165) is 22.8 Å². The predicted octanol–water partition coefficient (Wildman–Crippen LogP) is 3.65. The molecule has 0 fully saturated rings. The second-order valence-electron chi connectivity index (χ2n) is 5.72. The Morgan fingerprint density at radius 2 is 1.76 bits per heavy atom. The lowest BCUT2D eigenvalue weighted by Crippen LogP contribution is -2.26. The van der Waals surface area contributed by atoms with Crippen molar-refractivity contribution in [3.05, 3.63) is 83.9 Å². The maximum absolute atomic E-state index is 11.7. The van der Waals surface area contributed by atoms with Gasteiger partial charge in [-0.3, -0.25) is 0 Å². The number of imidazole rings is 1. The summed E-state index contributed by atoms with van der Waals surface area (Å²) in [4.78, 5) is 16.3. The summed E-state index contributed by atoms with van der Waals surface area (Å²) in [6, 6.07) is 19.7. The fraction of sp³-hybridized carbons (Fsp3) is 0.200. The van der Waals surface area contributed by atoms with Crippen molar-refractivity contribution in [2.75, 3.05) is 6.54 Å². The summed E-state index contributed by atoms with van der Waals surface area (Å²) >= 11 is 0. The van der Waals surface area contributed by atoms with Crippen LogP contribution < -0.4 is 5.32 Å². The lowest BCUT2D eigenvalue weighted by Gasteiger charge is -2.06. The minimum Gasteiger partial charge on any atom is -0.445 e. The highest BCUT2D eigenvalue weighted by molar-refractivity contribution is 5.67. The van der Waals surface area contributed by atoms with Gasteiger partial charge < -0.3 is 14.6 Å². The van der Waals surface area contributed by atoms with Crippen LogP contribution in [0.15, 0.2) is 66.9 Å². The van der Waals surface area contributed by atoms with Gasteiger partial charge >= 0.3 is 6.09 Å². The summed E-state index contributed by atoms with van der Waals surface area (Å²) in [5, 5.41) is 2.76. The van der Waals surface area contributed by atoms with Crippen LogP contribution in [0.3, 0.4) is 0 Å². The lowest BCUT2D eigenvalue weighted by atomic mass is 10.2. The van der Waals surface area contributed by atoms with Gasteiger partial charge in [-0.25, -0.2) is 9.78 Å². The maximum Gasteiger partial charge on any atom is 0.407 e. The van der Waals surface area contributed by atoms with Gasteiger partial charge in [-0.05, 0) is 24.6 Å². The van der Waals surface area contributed by atoms with Crippen molar-refractivity contribution in [2.24, 2.45) is 0 Å². The summed E-state index contributed by atoms with van der Waals surface area (Å²) in [5.41, 5.74) is 2.98. The van der Waals surface area contributed by atoms with Gasteiger partial charge in [0.15, 0.2) is 0 Å². The van der Waals surface area contributed by atoms with Crippen molar-refractivity contribution in [1.82, 2.24) is 14.9 Å². The first-order valence-electron chi connectivity index (χ1n) is 8.27. The van der Waals surface area contributed by atoms with E-state index < -0.39 is 6.09 Å². The molecule has 0 atom stereocenters.